The van der Waals surface area contributed by atoms with E-state index in [1.54, 1.807) is 6.20 Å². The molecule has 4 nitrogen and oxygen atoms in total. The topological polar surface area (TPSA) is 55.0 Å². The highest BCUT2D eigenvalue weighted by Crippen LogP contribution is 2.36. The number of fused-ring (bicyclic) bond motifs is 1. The lowest BCUT2D eigenvalue weighted by molar-refractivity contribution is 0.0972. The first-order chi connectivity index (χ1) is 15.1. The molecule has 0 fully saturated rings. The largest absolute Gasteiger partial charge is 0.485 e. The number of aromatic amines is 1. The molecular weight excluding hydrogens is 404 g/mol. The van der Waals surface area contributed by atoms with Crippen LogP contribution in [0, 0.1) is 5.92 Å². The van der Waals surface area contributed by atoms with Crippen molar-refractivity contribution in [2.24, 2.45) is 5.92 Å². The van der Waals surface area contributed by atoms with E-state index >= 15 is 0 Å². The molecule has 1 unspecified atom stereocenters. The van der Waals surface area contributed by atoms with E-state index in [9.17, 15) is 4.79 Å². The molecule has 1 heterocycles. The molecule has 1 aliphatic carbocycles. The Bertz CT molecular complexity index is 1000. The number of aromatic nitrogens is 2. The second-order valence-electron chi connectivity index (χ2n) is 8.51. The Kier molecular flexibility index (Phi) is 7.13. The predicted octanol–water partition coefficient (Wildman–Crippen LogP) is 6.18. The molecule has 0 spiro atoms. The van der Waals surface area contributed by atoms with Gasteiger partial charge in [-0.05, 0) is 47.8 Å². The van der Waals surface area contributed by atoms with Gasteiger partial charge in [0.2, 0.25) is 0 Å². The van der Waals surface area contributed by atoms with Crippen molar-refractivity contribution in [1.82, 2.24) is 9.97 Å². The number of ether oxygens (including phenoxy) is 1. The van der Waals surface area contributed by atoms with Crippen molar-refractivity contribution < 1.29 is 9.53 Å². The van der Waals surface area contributed by atoms with Crippen molar-refractivity contribution in [3.63, 3.8) is 0 Å². The zero-order valence-electron chi connectivity index (χ0n) is 18.3. The van der Waals surface area contributed by atoms with Crippen LogP contribution in [0.25, 0.3) is 0 Å². The van der Waals surface area contributed by atoms with E-state index < -0.39 is 0 Å². The molecule has 1 aliphatic rings. The third-order valence-electron chi connectivity index (χ3n) is 5.59. The Labute approximate surface area is 188 Å². The Morgan fingerprint density at radius 1 is 1.13 bits per heavy atom. The van der Waals surface area contributed by atoms with Crippen LogP contribution in [-0.4, -0.2) is 21.5 Å². The van der Waals surface area contributed by atoms with Gasteiger partial charge in [0.1, 0.15) is 17.7 Å². The third kappa shape index (κ3) is 5.40. The fourth-order valence-corrected chi connectivity index (χ4v) is 5.19. The first kappa shape index (κ1) is 21.7. The summed E-state index contributed by atoms with van der Waals surface area (Å²) in [6.45, 7) is 4.48. The Hall–Kier alpha value is -2.53. The van der Waals surface area contributed by atoms with Crippen LogP contribution in [0.3, 0.4) is 0 Å². The number of benzene rings is 2. The minimum Gasteiger partial charge on any atom is -0.485 e. The van der Waals surface area contributed by atoms with Gasteiger partial charge in [-0.25, -0.2) is 4.98 Å². The van der Waals surface area contributed by atoms with Crippen molar-refractivity contribution in [3.05, 3.63) is 82.9 Å². The van der Waals surface area contributed by atoms with Crippen LogP contribution in [-0.2, 0) is 18.6 Å². The highest BCUT2D eigenvalue weighted by Gasteiger charge is 2.24. The summed E-state index contributed by atoms with van der Waals surface area (Å²) in [7, 11) is 0. The number of rotatable bonds is 9. The Balaban J connectivity index is 1.67. The van der Waals surface area contributed by atoms with E-state index in [1.165, 1.54) is 11.1 Å². The van der Waals surface area contributed by atoms with Crippen LogP contribution in [0.15, 0.2) is 54.9 Å². The maximum Gasteiger partial charge on any atom is 0.163 e. The summed E-state index contributed by atoms with van der Waals surface area (Å²) in [5.74, 6) is 4.64. The zero-order chi connectivity index (χ0) is 21.6. The summed E-state index contributed by atoms with van der Waals surface area (Å²) < 4.78 is 6.68. The second-order valence-corrected chi connectivity index (χ2v) is 9.54. The molecule has 0 saturated heterocycles. The minimum absolute atomic E-state index is 0.154. The van der Waals surface area contributed by atoms with E-state index in [0.29, 0.717) is 18.8 Å². The molecule has 0 saturated carbocycles. The molecule has 3 aromatic rings. The summed E-state index contributed by atoms with van der Waals surface area (Å²) in [6.07, 6.45) is 6.64. The smallest absolute Gasteiger partial charge is 0.163 e. The molecule has 162 valence electrons. The van der Waals surface area contributed by atoms with Crippen molar-refractivity contribution in [3.8, 4) is 5.75 Å². The maximum absolute atomic E-state index is 12.5. The number of hydrogen-bond donors (Lipinski definition) is 1. The van der Waals surface area contributed by atoms with Crippen molar-refractivity contribution >= 4 is 17.5 Å². The summed E-state index contributed by atoms with van der Waals surface area (Å²) in [6, 6.07) is 14.3. The zero-order valence-corrected chi connectivity index (χ0v) is 19.1. The maximum atomic E-state index is 12.5. The molecule has 0 bridgehead atoms. The fraction of sp³-hybridized carbons (Fsp3) is 0.385. The van der Waals surface area contributed by atoms with E-state index in [2.05, 4.69) is 35.9 Å². The molecule has 4 rings (SSSR count). The van der Waals surface area contributed by atoms with Gasteiger partial charge in [0, 0.05) is 42.1 Å². The molecule has 1 N–H and O–H groups in total. The van der Waals surface area contributed by atoms with E-state index in [0.717, 1.165) is 47.0 Å². The number of imidazole rings is 1. The number of hydrogen-bond acceptors (Lipinski definition) is 4. The van der Waals surface area contributed by atoms with Crippen LogP contribution in [0.5, 0.6) is 5.75 Å². The predicted molar refractivity (Wildman–Crippen MR) is 127 cm³/mol. The normalized spacial score (nSPS) is 14.5. The van der Waals surface area contributed by atoms with Crippen LogP contribution < -0.4 is 4.74 Å². The number of nitrogens with zero attached hydrogens (tertiary/aromatic N) is 1. The lowest BCUT2D eigenvalue weighted by Gasteiger charge is -2.25. The first-order valence-corrected chi connectivity index (χ1v) is 12.2. The van der Waals surface area contributed by atoms with Gasteiger partial charge in [0.05, 0.1) is 0 Å². The lowest BCUT2D eigenvalue weighted by Crippen LogP contribution is -2.17. The van der Waals surface area contributed by atoms with Gasteiger partial charge in [0.15, 0.2) is 5.78 Å². The highest BCUT2D eigenvalue weighted by atomic mass is 32.2. The molecule has 0 aliphatic heterocycles. The number of thioether (sulfide) groups is 1. The van der Waals surface area contributed by atoms with Gasteiger partial charge in [-0.2, -0.15) is 11.8 Å². The standard InChI is InChI=1S/C26H30N2O2S/c1-18(2)16-31-17-22-20-9-6-10-23(29)21(20)11-12-24(22)30-25(15-26-27-13-14-28-26)19-7-4-3-5-8-19/h3-5,7-8,11-14,18,25H,6,9-10,15-17H2,1-2H3,(H,27,28). The molecule has 5 heteroatoms. The number of nitrogens with one attached hydrogen (secondary N) is 1. The molecule has 1 atom stereocenters. The monoisotopic (exact) mass is 434 g/mol. The average molecular weight is 435 g/mol. The SMILES string of the molecule is CC(C)CSCc1c(OC(Cc2ncc[nH]2)c2ccccc2)ccc2c1CCCC2=O. The van der Waals surface area contributed by atoms with Gasteiger partial charge in [-0.3, -0.25) is 4.79 Å². The number of ketones is 1. The third-order valence-corrected chi connectivity index (χ3v) is 6.99. The van der Waals surface area contributed by atoms with Gasteiger partial charge in [0.25, 0.3) is 0 Å². The molecular formula is C26H30N2O2S. The van der Waals surface area contributed by atoms with Crippen LogP contribution in [0.1, 0.15) is 65.7 Å². The summed E-state index contributed by atoms with van der Waals surface area (Å²) in [4.78, 5) is 20.1. The number of carbonyl (C=O) groups is 1. The van der Waals surface area contributed by atoms with Gasteiger partial charge in [-0.15, -0.1) is 0 Å². The molecule has 0 radical (unpaired) electrons. The quantitative estimate of drug-likeness (QED) is 0.437. The molecule has 2 aromatic carbocycles. The van der Waals surface area contributed by atoms with E-state index in [1.807, 2.05) is 48.3 Å². The number of carbonyl (C=O) groups excluding carboxylic acids is 1. The van der Waals surface area contributed by atoms with Gasteiger partial charge >= 0.3 is 0 Å². The average Bonchev–Trinajstić information content (AvgIpc) is 3.28. The lowest BCUT2D eigenvalue weighted by atomic mass is 9.87. The van der Waals surface area contributed by atoms with E-state index in [4.69, 9.17) is 4.74 Å². The molecule has 31 heavy (non-hydrogen) atoms. The number of Topliss-reactive ketones (excluding diaryl/α,β-unsaturated/α-hetero) is 1. The fourth-order valence-electron chi connectivity index (χ4n) is 4.08. The van der Waals surface area contributed by atoms with E-state index in [-0.39, 0.29) is 11.9 Å². The summed E-state index contributed by atoms with van der Waals surface area (Å²) in [5, 5.41) is 0. The second kappa shape index (κ2) is 10.2. The van der Waals surface area contributed by atoms with Crippen LogP contribution in [0.2, 0.25) is 0 Å². The Morgan fingerprint density at radius 2 is 1.97 bits per heavy atom. The first-order valence-electron chi connectivity index (χ1n) is 11.1. The molecule has 0 amide bonds. The number of H-pyrrole nitrogens is 1. The minimum atomic E-state index is -0.154. The van der Waals surface area contributed by atoms with Crippen molar-refractivity contribution in [1.29, 1.82) is 0 Å². The van der Waals surface area contributed by atoms with Crippen LogP contribution >= 0.6 is 11.8 Å². The van der Waals surface area contributed by atoms with Crippen molar-refractivity contribution in [2.75, 3.05) is 5.75 Å². The van der Waals surface area contributed by atoms with Crippen LogP contribution in [0.4, 0.5) is 0 Å². The highest BCUT2D eigenvalue weighted by molar-refractivity contribution is 7.98. The Morgan fingerprint density at radius 3 is 2.71 bits per heavy atom. The van der Waals surface area contributed by atoms with Gasteiger partial charge < -0.3 is 9.72 Å². The molecule has 1 aromatic heterocycles. The summed E-state index contributed by atoms with van der Waals surface area (Å²) in [5.41, 5.74) is 4.39. The van der Waals surface area contributed by atoms with Gasteiger partial charge in [-0.1, -0.05) is 44.2 Å². The van der Waals surface area contributed by atoms with Crippen molar-refractivity contribution in [2.45, 2.75) is 51.4 Å². The summed E-state index contributed by atoms with van der Waals surface area (Å²) >= 11 is 1.92.